The van der Waals surface area contributed by atoms with Crippen molar-refractivity contribution in [2.45, 2.75) is 69.9 Å². The van der Waals surface area contributed by atoms with Crippen LogP contribution in [-0.4, -0.2) is 25.1 Å². The molecule has 2 heterocycles. The van der Waals surface area contributed by atoms with E-state index in [1.54, 1.807) is 12.2 Å². The molecule has 5 rings (SSSR count). The maximum absolute atomic E-state index is 12.7. The highest BCUT2D eigenvalue weighted by molar-refractivity contribution is 5.66. The number of rotatable bonds is 11. The second-order valence-electron chi connectivity index (χ2n) is 10.1. The quantitative estimate of drug-likeness (QED) is 0.206. The third-order valence-corrected chi connectivity index (χ3v) is 7.08. The van der Waals surface area contributed by atoms with Crippen LogP contribution in [0, 0.1) is 0 Å². The lowest BCUT2D eigenvalue weighted by Crippen LogP contribution is -2.21. The summed E-state index contributed by atoms with van der Waals surface area (Å²) in [7, 11) is 0. The number of unbranched alkanes of at least 4 members (excludes halogenated alkanes) is 1. The van der Waals surface area contributed by atoms with Gasteiger partial charge >= 0.3 is 6.18 Å². The van der Waals surface area contributed by atoms with Crippen LogP contribution in [0.4, 0.5) is 13.2 Å². The molecule has 0 unspecified atom stereocenters. The lowest BCUT2D eigenvalue weighted by Gasteiger charge is -2.17. The highest BCUT2D eigenvalue weighted by atomic mass is 19.4. The van der Waals surface area contributed by atoms with Crippen molar-refractivity contribution < 1.29 is 27.4 Å². The molecule has 0 amide bonds. The minimum atomic E-state index is -4.36. The number of oxazole rings is 1. The number of aryl methyl sites for hydroxylation is 2. The molecule has 2 aromatic heterocycles. The average Bonchev–Trinajstić information content (AvgIpc) is 3.71. The maximum Gasteiger partial charge on any atom is 0.416 e. The summed E-state index contributed by atoms with van der Waals surface area (Å²) in [5.41, 5.74) is 1.63. The van der Waals surface area contributed by atoms with Crippen LogP contribution in [-0.2, 0) is 31.3 Å². The van der Waals surface area contributed by atoms with Gasteiger partial charge in [0.25, 0.3) is 0 Å². The molecule has 1 saturated carbocycles. The second kappa shape index (κ2) is 12.1. The summed E-state index contributed by atoms with van der Waals surface area (Å²) in [6.07, 6.45) is 8.73. The van der Waals surface area contributed by atoms with Crippen LogP contribution < -0.4 is 4.74 Å². The highest BCUT2D eigenvalue weighted by Crippen LogP contribution is 2.37. The Morgan fingerprint density at radius 2 is 1.75 bits per heavy atom. The van der Waals surface area contributed by atoms with Crippen molar-refractivity contribution >= 4 is 12.2 Å². The Morgan fingerprint density at radius 1 is 1.00 bits per heavy atom. The molecule has 40 heavy (non-hydrogen) atoms. The van der Waals surface area contributed by atoms with Crippen LogP contribution in [0.5, 0.6) is 5.75 Å². The molecular weight excluding hydrogens is 521 g/mol. The Balaban J connectivity index is 1.03. The first-order valence-electron chi connectivity index (χ1n) is 13.4. The zero-order valence-electron chi connectivity index (χ0n) is 22.0. The molecule has 1 fully saturated rings. The Hall–Kier alpha value is -3.92. The predicted octanol–water partition coefficient (Wildman–Crippen LogP) is 6.82. The molecule has 1 aliphatic carbocycles. The summed E-state index contributed by atoms with van der Waals surface area (Å²) < 4.78 is 51.1. The summed E-state index contributed by atoms with van der Waals surface area (Å²) in [4.78, 5) is 4.33. The standard InChI is InChI=1S/C30H31F3N4O3/c31-30(32,33)24-11-6-23(7-12-24)10-15-28-34-25(21-40-28)20-39-26-13-8-22(9-14-26)5-1-4-18-37-19-27(35-36-37)29(38)16-2-3-17-29/h6-15,19,21,38H,1-5,16-18,20H2. The number of benzene rings is 2. The van der Waals surface area contributed by atoms with Crippen molar-refractivity contribution in [1.29, 1.82) is 0 Å². The van der Waals surface area contributed by atoms with E-state index < -0.39 is 17.3 Å². The van der Waals surface area contributed by atoms with Gasteiger partial charge in [-0.2, -0.15) is 13.2 Å². The van der Waals surface area contributed by atoms with E-state index in [0.717, 1.165) is 63.6 Å². The molecule has 0 atom stereocenters. The number of hydrogen-bond donors (Lipinski definition) is 1. The van der Waals surface area contributed by atoms with Crippen molar-refractivity contribution in [3.63, 3.8) is 0 Å². The summed E-state index contributed by atoms with van der Waals surface area (Å²) in [6.45, 7) is 0.996. The van der Waals surface area contributed by atoms with Crippen molar-refractivity contribution in [1.82, 2.24) is 20.0 Å². The normalized spacial score (nSPS) is 15.2. The van der Waals surface area contributed by atoms with Gasteiger partial charge in [0.05, 0.1) is 11.8 Å². The van der Waals surface area contributed by atoms with Gasteiger partial charge in [-0.3, -0.25) is 4.68 Å². The molecule has 210 valence electrons. The molecule has 0 radical (unpaired) electrons. The molecule has 0 aliphatic heterocycles. The van der Waals surface area contributed by atoms with Crippen molar-refractivity contribution in [2.24, 2.45) is 0 Å². The minimum Gasteiger partial charge on any atom is -0.487 e. The van der Waals surface area contributed by atoms with Crippen LogP contribution >= 0.6 is 0 Å². The fraction of sp³-hybridized carbons (Fsp3) is 0.367. The Bertz CT molecular complexity index is 1400. The number of alkyl halides is 3. The fourth-order valence-corrected chi connectivity index (χ4v) is 4.77. The maximum atomic E-state index is 12.7. The number of nitrogens with zero attached hydrogens (tertiary/aromatic N) is 4. The summed E-state index contributed by atoms with van der Waals surface area (Å²) in [5, 5.41) is 19.0. The molecule has 10 heteroatoms. The first-order chi connectivity index (χ1) is 19.3. The van der Waals surface area contributed by atoms with Gasteiger partial charge in [0.15, 0.2) is 0 Å². The summed E-state index contributed by atoms with van der Waals surface area (Å²) in [6, 6.07) is 12.8. The van der Waals surface area contributed by atoms with Gasteiger partial charge < -0.3 is 14.3 Å². The predicted molar refractivity (Wildman–Crippen MR) is 143 cm³/mol. The number of aliphatic hydroxyl groups is 1. The third-order valence-electron chi connectivity index (χ3n) is 7.08. The molecule has 1 N–H and O–H groups in total. The van der Waals surface area contributed by atoms with Crippen LogP contribution in [0.25, 0.3) is 12.2 Å². The van der Waals surface area contributed by atoms with Gasteiger partial charge in [-0.05, 0) is 73.6 Å². The third kappa shape index (κ3) is 7.18. The largest absolute Gasteiger partial charge is 0.487 e. The van der Waals surface area contributed by atoms with Gasteiger partial charge in [-0.15, -0.1) is 5.10 Å². The number of ether oxygens (including phenoxy) is 1. The smallest absolute Gasteiger partial charge is 0.416 e. The lowest BCUT2D eigenvalue weighted by atomic mass is 9.99. The van der Waals surface area contributed by atoms with Crippen molar-refractivity contribution in [3.8, 4) is 5.75 Å². The fourth-order valence-electron chi connectivity index (χ4n) is 4.77. The second-order valence-corrected chi connectivity index (χ2v) is 10.1. The van der Waals surface area contributed by atoms with E-state index in [9.17, 15) is 18.3 Å². The monoisotopic (exact) mass is 552 g/mol. The van der Waals surface area contributed by atoms with Gasteiger partial charge in [0.2, 0.25) is 5.89 Å². The van der Waals surface area contributed by atoms with Gasteiger partial charge in [-0.25, -0.2) is 4.98 Å². The Morgan fingerprint density at radius 3 is 2.48 bits per heavy atom. The van der Waals surface area contributed by atoms with Crippen LogP contribution in [0.15, 0.2) is 65.4 Å². The van der Waals surface area contributed by atoms with Crippen LogP contribution in [0.2, 0.25) is 0 Å². The molecule has 1 aliphatic rings. The van der Waals surface area contributed by atoms with Gasteiger partial charge in [0, 0.05) is 12.6 Å². The van der Waals surface area contributed by atoms with E-state index in [1.165, 1.54) is 24.0 Å². The molecule has 0 bridgehead atoms. The zero-order chi connectivity index (χ0) is 28.0. The van der Waals surface area contributed by atoms with E-state index in [-0.39, 0.29) is 6.61 Å². The van der Waals surface area contributed by atoms with Gasteiger partial charge in [0.1, 0.15) is 35.6 Å². The molecule has 4 aromatic rings. The van der Waals surface area contributed by atoms with Gasteiger partial charge in [-0.1, -0.05) is 42.3 Å². The van der Waals surface area contributed by atoms with E-state index in [2.05, 4.69) is 15.3 Å². The van der Waals surface area contributed by atoms with E-state index in [4.69, 9.17) is 9.15 Å². The van der Waals surface area contributed by atoms with Crippen molar-refractivity contribution in [2.75, 3.05) is 0 Å². The summed E-state index contributed by atoms with van der Waals surface area (Å²) >= 11 is 0. The van der Waals surface area contributed by atoms with Crippen molar-refractivity contribution in [3.05, 3.63) is 95.0 Å². The lowest BCUT2D eigenvalue weighted by molar-refractivity contribution is -0.137. The Labute approximate surface area is 230 Å². The Kier molecular flexibility index (Phi) is 8.35. The van der Waals surface area contributed by atoms with E-state index in [1.807, 2.05) is 35.1 Å². The zero-order valence-corrected chi connectivity index (χ0v) is 22.0. The van der Waals surface area contributed by atoms with Crippen LogP contribution in [0.3, 0.4) is 0 Å². The molecular formula is C30H31F3N4O3. The molecule has 2 aromatic carbocycles. The van der Waals surface area contributed by atoms with E-state index >= 15 is 0 Å². The first kappa shape index (κ1) is 27.6. The number of halogens is 3. The van der Waals surface area contributed by atoms with E-state index in [0.29, 0.717) is 28.6 Å². The topological polar surface area (TPSA) is 86.2 Å². The highest BCUT2D eigenvalue weighted by Gasteiger charge is 2.35. The number of hydrogen-bond acceptors (Lipinski definition) is 6. The minimum absolute atomic E-state index is 0.228. The number of aromatic nitrogens is 4. The molecule has 0 saturated heterocycles. The SMILES string of the molecule is OC1(c2cn(CCCCc3ccc(OCc4coc(C=Cc5ccc(C(F)(F)F)cc5)n4)cc3)nn2)CCCC1. The summed E-state index contributed by atoms with van der Waals surface area (Å²) in [5.74, 6) is 1.05. The molecule has 0 spiro atoms. The average molecular weight is 553 g/mol. The molecule has 7 nitrogen and oxygen atoms in total. The first-order valence-corrected chi connectivity index (χ1v) is 13.4. The van der Waals surface area contributed by atoms with Crippen LogP contribution in [0.1, 0.15) is 72.5 Å².